The van der Waals surface area contributed by atoms with Crippen LogP contribution in [0.5, 0.6) is 34.5 Å². The summed E-state index contributed by atoms with van der Waals surface area (Å²) in [6.45, 7) is 1.30. The van der Waals surface area contributed by atoms with Crippen LogP contribution in [-0.2, 0) is 25.7 Å². The Balaban J connectivity index is 1.24. The lowest BCUT2D eigenvalue weighted by molar-refractivity contribution is 0.215. The van der Waals surface area contributed by atoms with Crippen molar-refractivity contribution < 1.29 is 29.2 Å². The average molecular weight is 689 g/mol. The van der Waals surface area contributed by atoms with Crippen LogP contribution >= 0.6 is 0 Å². The van der Waals surface area contributed by atoms with E-state index < -0.39 is 0 Å². The molecule has 2 N–H and O–H groups in total. The number of aromatic hydroxyl groups is 2. The van der Waals surface area contributed by atoms with Crippen LogP contribution < -0.4 is 18.9 Å². The molecule has 0 aromatic heterocycles. The highest BCUT2D eigenvalue weighted by Crippen LogP contribution is 2.38. The predicted molar refractivity (Wildman–Crippen MR) is 204 cm³/mol. The molecular formula is C46H40O6. The first-order valence-electron chi connectivity index (χ1n) is 17.8. The first-order valence-corrected chi connectivity index (χ1v) is 17.8. The summed E-state index contributed by atoms with van der Waals surface area (Å²) in [5, 5.41) is 23.4. The van der Waals surface area contributed by atoms with Gasteiger partial charge in [0.25, 0.3) is 0 Å². The molecule has 1 aliphatic carbocycles. The van der Waals surface area contributed by atoms with Crippen molar-refractivity contribution in [2.75, 3.05) is 26.4 Å². The number of hydrogen-bond acceptors (Lipinski definition) is 6. The number of benzene rings is 6. The van der Waals surface area contributed by atoms with Crippen molar-refractivity contribution >= 4 is 12.2 Å². The lowest BCUT2D eigenvalue weighted by Gasteiger charge is -2.20. The number of para-hydroxylation sites is 4. The van der Waals surface area contributed by atoms with Gasteiger partial charge in [-0.25, -0.2) is 0 Å². The fourth-order valence-electron chi connectivity index (χ4n) is 7.10. The van der Waals surface area contributed by atoms with Crippen LogP contribution in [0.1, 0.15) is 55.6 Å². The van der Waals surface area contributed by atoms with Crippen molar-refractivity contribution in [1.82, 2.24) is 0 Å². The molecule has 2 heterocycles. The molecule has 6 aromatic rings. The van der Waals surface area contributed by atoms with Crippen molar-refractivity contribution in [3.05, 3.63) is 177 Å². The summed E-state index contributed by atoms with van der Waals surface area (Å²) in [5.41, 5.74) is 9.02. The summed E-state index contributed by atoms with van der Waals surface area (Å²) in [6, 6.07) is 40.0. The molecule has 0 amide bonds. The van der Waals surface area contributed by atoms with E-state index in [1.807, 2.05) is 121 Å². The van der Waals surface area contributed by atoms with Crippen molar-refractivity contribution in [3.63, 3.8) is 0 Å². The summed E-state index contributed by atoms with van der Waals surface area (Å²) < 4.78 is 25.5. The quantitative estimate of drug-likeness (QED) is 0.166. The molecule has 0 saturated carbocycles. The Morgan fingerprint density at radius 1 is 0.346 bits per heavy atom. The number of hydrogen-bond donors (Lipinski definition) is 2. The van der Waals surface area contributed by atoms with E-state index in [1.165, 1.54) is 0 Å². The Bertz CT molecular complexity index is 2010. The van der Waals surface area contributed by atoms with Crippen molar-refractivity contribution in [3.8, 4) is 34.5 Å². The minimum absolute atomic E-state index is 0.260. The van der Waals surface area contributed by atoms with E-state index in [9.17, 15) is 10.2 Å². The van der Waals surface area contributed by atoms with Crippen LogP contribution in [0, 0.1) is 0 Å². The van der Waals surface area contributed by atoms with Crippen LogP contribution in [-0.4, -0.2) is 36.6 Å². The molecular weight excluding hydrogens is 649 g/mol. The third-order valence-corrected chi connectivity index (χ3v) is 9.67. The van der Waals surface area contributed by atoms with E-state index in [-0.39, 0.29) is 11.5 Å². The molecule has 3 aliphatic rings. The van der Waals surface area contributed by atoms with Crippen LogP contribution in [0.25, 0.3) is 12.2 Å². The van der Waals surface area contributed by atoms with Gasteiger partial charge < -0.3 is 29.2 Å². The van der Waals surface area contributed by atoms with Crippen molar-refractivity contribution in [2.45, 2.75) is 25.7 Å². The fourth-order valence-corrected chi connectivity index (χ4v) is 7.10. The SMILES string of the molecule is Oc1c2cccc1Cc1cccc3c1OCCOc1cccc(c1)/C=C\c1cccc(c1)OCCOc1c(cccc1Cc1cccc(c1O)C3)C2. The molecule has 14 bridgehead atoms. The molecule has 0 saturated heterocycles. The second kappa shape index (κ2) is 15.0. The Labute approximate surface area is 304 Å². The Kier molecular flexibility index (Phi) is 9.53. The molecule has 0 atom stereocenters. The Morgan fingerprint density at radius 2 is 0.654 bits per heavy atom. The Morgan fingerprint density at radius 3 is 1.02 bits per heavy atom. The fraction of sp³-hybridized carbons (Fsp3) is 0.174. The molecule has 6 nitrogen and oxygen atoms in total. The zero-order chi connectivity index (χ0) is 35.3. The zero-order valence-corrected chi connectivity index (χ0v) is 28.9. The summed E-state index contributed by atoms with van der Waals surface area (Å²) >= 11 is 0. The first kappa shape index (κ1) is 33.0. The van der Waals surface area contributed by atoms with Gasteiger partial charge in [-0.1, -0.05) is 109 Å². The van der Waals surface area contributed by atoms with Crippen LogP contribution in [0.15, 0.2) is 121 Å². The summed E-state index contributed by atoms with van der Waals surface area (Å²) in [4.78, 5) is 0. The Hall–Kier alpha value is -6.14. The predicted octanol–water partition coefficient (Wildman–Crippen LogP) is 9.17. The average Bonchev–Trinajstić information content (AvgIpc) is 3.15. The number of phenolic OH excluding ortho intramolecular Hbond substituents is 2. The number of phenols is 2. The van der Waals surface area contributed by atoms with E-state index in [4.69, 9.17) is 18.9 Å². The zero-order valence-electron chi connectivity index (χ0n) is 28.9. The summed E-state index contributed by atoms with van der Waals surface area (Å²) in [7, 11) is 0. The van der Waals surface area contributed by atoms with Crippen molar-refractivity contribution in [2.24, 2.45) is 0 Å². The van der Waals surface area contributed by atoms with Gasteiger partial charge in [0, 0.05) is 25.7 Å². The summed E-state index contributed by atoms with van der Waals surface area (Å²) in [5.74, 6) is 3.49. The van der Waals surface area contributed by atoms with Gasteiger partial charge in [0.1, 0.15) is 60.9 Å². The molecule has 6 aromatic carbocycles. The number of ether oxygens (including phenoxy) is 4. The summed E-state index contributed by atoms with van der Waals surface area (Å²) in [6.07, 6.45) is 5.97. The second-order valence-corrected chi connectivity index (χ2v) is 13.2. The molecule has 0 fully saturated rings. The minimum atomic E-state index is 0.260. The molecule has 2 aliphatic heterocycles. The highest BCUT2D eigenvalue weighted by molar-refractivity contribution is 5.70. The number of fused-ring (bicyclic) bond motifs is 6. The molecule has 52 heavy (non-hydrogen) atoms. The minimum Gasteiger partial charge on any atom is -0.507 e. The monoisotopic (exact) mass is 688 g/mol. The van der Waals surface area contributed by atoms with Gasteiger partial charge in [-0.15, -0.1) is 0 Å². The third-order valence-electron chi connectivity index (χ3n) is 9.67. The molecule has 0 radical (unpaired) electrons. The van der Waals surface area contributed by atoms with Gasteiger partial charge in [0.15, 0.2) is 0 Å². The van der Waals surface area contributed by atoms with Gasteiger partial charge in [-0.2, -0.15) is 0 Å². The first-order chi connectivity index (χ1) is 25.6. The van der Waals surface area contributed by atoms with E-state index >= 15 is 0 Å². The maximum Gasteiger partial charge on any atom is 0.126 e. The molecule has 6 heteroatoms. The maximum absolute atomic E-state index is 11.7. The lowest BCUT2D eigenvalue weighted by atomic mass is 9.91. The van der Waals surface area contributed by atoms with E-state index in [0.29, 0.717) is 52.1 Å². The molecule has 260 valence electrons. The highest BCUT2D eigenvalue weighted by Gasteiger charge is 2.20. The van der Waals surface area contributed by atoms with E-state index in [2.05, 4.69) is 12.2 Å². The largest absolute Gasteiger partial charge is 0.507 e. The van der Waals surface area contributed by atoms with Gasteiger partial charge in [0.05, 0.1) is 0 Å². The van der Waals surface area contributed by atoms with Gasteiger partial charge in [0.2, 0.25) is 0 Å². The topological polar surface area (TPSA) is 77.4 Å². The third kappa shape index (κ3) is 7.33. The van der Waals surface area contributed by atoms with Gasteiger partial charge in [-0.05, 0) is 79.9 Å². The molecule has 0 spiro atoms. The second-order valence-electron chi connectivity index (χ2n) is 13.2. The molecule has 0 unspecified atom stereocenters. The van der Waals surface area contributed by atoms with Crippen LogP contribution in [0.2, 0.25) is 0 Å². The van der Waals surface area contributed by atoms with Crippen LogP contribution in [0.4, 0.5) is 0 Å². The van der Waals surface area contributed by atoms with Gasteiger partial charge >= 0.3 is 0 Å². The number of rotatable bonds is 0. The van der Waals surface area contributed by atoms with E-state index in [1.54, 1.807) is 0 Å². The lowest BCUT2D eigenvalue weighted by Crippen LogP contribution is -2.12. The smallest absolute Gasteiger partial charge is 0.126 e. The van der Waals surface area contributed by atoms with Gasteiger partial charge in [-0.3, -0.25) is 0 Å². The molecule has 9 rings (SSSR count). The highest BCUT2D eigenvalue weighted by atomic mass is 16.5. The standard InChI is InChI=1S/C46H40O6/c47-43-33-9-3-11-35(43)29-39-15-6-16-40-30-36-12-4-10-34(44(36)48)28-38-14-5-13-37(27-33)45(38)51-23-21-49-41-17-1-7-31(25-41)19-20-32-8-2-18-42(26-32)50-22-24-52-46(39)40/h1-20,25-26,47-48H,21-24,27-30H2/b20-19-. The van der Waals surface area contributed by atoms with Crippen molar-refractivity contribution in [1.29, 1.82) is 0 Å². The van der Waals surface area contributed by atoms with E-state index in [0.717, 1.165) is 78.6 Å². The maximum atomic E-state index is 11.7. The normalized spacial score (nSPS) is 14.8. The van der Waals surface area contributed by atoms with Crippen LogP contribution in [0.3, 0.4) is 0 Å².